The van der Waals surface area contributed by atoms with Crippen LogP contribution in [0.1, 0.15) is 31.1 Å². The highest BCUT2D eigenvalue weighted by atomic mass is 32.1. The quantitative estimate of drug-likeness (QED) is 0.706. The maximum atomic E-state index is 11.8. The van der Waals surface area contributed by atoms with Crippen LogP contribution in [0.3, 0.4) is 0 Å². The number of thiophene rings is 2. The Bertz CT molecular complexity index is 488. The molecule has 0 unspecified atom stereocenters. The van der Waals surface area contributed by atoms with E-state index in [-0.39, 0.29) is 5.97 Å². The first kappa shape index (κ1) is 10.6. The van der Waals surface area contributed by atoms with E-state index in [4.69, 9.17) is 4.74 Å². The van der Waals surface area contributed by atoms with Crippen molar-refractivity contribution in [3.8, 4) is 0 Å². The molecular formula is C11H12O2S2. The zero-order chi connectivity index (χ0) is 11.1. The lowest BCUT2D eigenvalue weighted by atomic mass is 10.2. The number of carbonyl (C=O) groups is 1. The first-order valence-electron chi connectivity index (χ1n) is 4.64. The molecule has 0 aliphatic rings. The lowest BCUT2D eigenvalue weighted by molar-refractivity contribution is 0.00724. The Morgan fingerprint density at radius 2 is 2.00 bits per heavy atom. The van der Waals surface area contributed by atoms with E-state index in [1.54, 1.807) is 22.7 Å². The number of ether oxygens (including phenoxy) is 1. The Hall–Kier alpha value is -0.870. The van der Waals surface area contributed by atoms with E-state index in [0.29, 0.717) is 5.56 Å². The molecule has 2 aromatic heterocycles. The Balaban J connectivity index is 2.32. The Morgan fingerprint density at radius 3 is 2.67 bits per heavy atom. The highest BCUT2D eigenvalue weighted by Crippen LogP contribution is 2.30. The molecule has 0 saturated carbocycles. The van der Waals surface area contributed by atoms with Crippen LogP contribution < -0.4 is 0 Å². The molecule has 0 fully saturated rings. The average Bonchev–Trinajstić information content (AvgIpc) is 2.57. The third kappa shape index (κ3) is 2.21. The highest BCUT2D eigenvalue weighted by molar-refractivity contribution is 7.21. The zero-order valence-electron chi connectivity index (χ0n) is 8.87. The van der Waals surface area contributed by atoms with Gasteiger partial charge in [0.15, 0.2) is 0 Å². The summed E-state index contributed by atoms with van der Waals surface area (Å²) in [5.74, 6) is -0.229. The monoisotopic (exact) mass is 240 g/mol. The molecule has 4 heteroatoms. The normalized spacial score (nSPS) is 11.9. The Kier molecular flexibility index (Phi) is 2.56. The largest absolute Gasteiger partial charge is 0.456 e. The zero-order valence-corrected chi connectivity index (χ0v) is 10.5. The molecule has 0 spiro atoms. The van der Waals surface area contributed by atoms with Gasteiger partial charge < -0.3 is 4.74 Å². The van der Waals surface area contributed by atoms with E-state index >= 15 is 0 Å². The number of esters is 1. The predicted octanol–water partition coefficient (Wildman–Crippen LogP) is 3.92. The van der Waals surface area contributed by atoms with Gasteiger partial charge in [0, 0.05) is 26.2 Å². The van der Waals surface area contributed by atoms with Crippen LogP contribution in [0.2, 0.25) is 0 Å². The van der Waals surface area contributed by atoms with E-state index < -0.39 is 5.60 Å². The first-order chi connectivity index (χ1) is 6.97. The standard InChI is InChI=1S/C11H12O2S2/c1-11(2,3)13-10(12)8-5-15-9-6-14-4-7(8)9/h4-6H,1-3H3. The van der Waals surface area contributed by atoms with E-state index in [2.05, 4.69) is 0 Å². The van der Waals surface area contributed by atoms with E-state index in [1.165, 1.54) is 0 Å². The van der Waals surface area contributed by atoms with Crippen molar-refractivity contribution in [1.29, 1.82) is 0 Å². The lowest BCUT2D eigenvalue weighted by Gasteiger charge is -2.18. The minimum absolute atomic E-state index is 0.229. The third-order valence-corrected chi connectivity index (χ3v) is 3.68. The molecule has 0 atom stereocenters. The SMILES string of the molecule is CC(C)(C)OC(=O)c1csc2cscc12. The van der Waals surface area contributed by atoms with Crippen molar-refractivity contribution in [3.05, 3.63) is 21.7 Å². The van der Waals surface area contributed by atoms with Crippen LogP contribution in [0.25, 0.3) is 10.1 Å². The van der Waals surface area contributed by atoms with Gasteiger partial charge in [0.1, 0.15) is 5.60 Å². The second kappa shape index (κ2) is 3.61. The molecule has 0 amide bonds. The second-order valence-electron chi connectivity index (χ2n) is 4.30. The van der Waals surface area contributed by atoms with Gasteiger partial charge in [-0.25, -0.2) is 4.79 Å². The first-order valence-corrected chi connectivity index (χ1v) is 6.46. The summed E-state index contributed by atoms with van der Waals surface area (Å²) in [5.41, 5.74) is 0.257. The maximum Gasteiger partial charge on any atom is 0.340 e. The molecule has 80 valence electrons. The maximum absolute atomic E-state index is 11.8. The summed E-state index contributed by atoms with van der Waals surface area (Å²) in [6.45, 7) is 5.63. The van der Waals surface area contributed by atoms with Crippen molar-refractivity contribution >= 4 is 38.7 Å². The molecule has 0 N–H and O–H groups in total. The molecule has 0 saturated heterocycles. The highest BCUT2D eigenvalue weighted by Gasteiger charge is 2.20. The molecule has 0 radical (unpaired) electrons. The van der Waals surface area contributed by atoms with E-state index in [9.17, 15) is 4.79 Å². The fourth-order valence-corrected chi connectivity index (χ4v) is 3.19. The van der Waals surface area contributed by atoms with E-state index in [0.717, 1.165) is 10.1 Å². The van der Waals surface area contributed by atoms with Gasteiger partial charge in [0.2, 0.25) is 0 Å². The average molecular weight is 240 g/mol. The summed E-state index contributed by atoms with van der Waals surface area (Å²) >= 11 is 3.20. The summed E-state index contributed by atoms with van der Waals surface area (Å²) in [5, 5.41) is 6.92. The topological polar surface area (TPSA) is 26.3 Å². The van der Waals surface area contributed by atoms with Gasteiger partial charge in [-0.3, -0.25) is 0 Å². The minimum Gasteiger partial charge on any atom is -0.456 e. The van der Waals surface area contributed by atoms with Crippen LogP contribution in [0.15, 0.2) is 16.1 Å². The molecule has 2 rings (SSSR count). The smallest absolute Gasteiger partial charge is 0.340 e. The van der Waals surface area contributed by atoms with Crippen molar-refractivity contribution in [2.75, 3.05) is 0 Å². The summed E-state index contributed by atoms with van der Waals surface area (Å²) in [6.07, 6.45) is 0. The van der Waals surface area contributed by atoms with Gasteiger partial charge in [0.05, 0.1) is 5.56 Å². The number of carbonyl (C=O) groups excluding carboxylic acids is 1. The van der Waals surface area contributed by atoms with Crippen LogP contribution in [-0.2, 0) is 4.74 Å². The van der Waals surface area contributed by atoms with Crippen molar-refractivity contribution in [2.45, 2.75) is 26.4 Å². The molecule has 0 aromatic carbocycles. The van der Waals surface area contributed by atoms with Gasteiger partial charge in [0.25, 0.3) is 0 Å². The lowest BCUT2D eigenvalue weighted by Crippen LogP contribution is -2.23. The van der Waals surface area contributed by atoms with Crippen LogP contribution in [0, 0.1) is 0 Å². The van der Waals surface area contributed by atoms with Gasteiger partial charge in [-0.05, 0) is 20.8 Å². The van der Waals surface area contributed by atoms with Crippen LogP contribution in [0.4, 0.5) is 0 Å². The van der Waals surface area contributed by atoms with Gasteiger partial charge in [-0.15, -0.1) is 11.3 Å². The fraction of sp³-hybridized carbons (Fsp3) is 0.364. The van der Waals surface area contributed by atoms with Crippen molar-refractivity contribution < 1.29 is 9.53 Å². The van der Waals surface area contributed by atoms with Crippen LogP contribution >= 0.6 is 22.7 Å². The van der Waals surface area contributed by atoms with Crippen molar-refractivity contribution in [1.82, 2.24) is 0 Å². The molecule has 0 aliphatic heterocycles. The number of hydrogen-bond donors (Lipinski definition) is 0. The third-order valence-electron chi connectivity index (χ3n) is 1.84. The predicted molar refractivity (Wildman–Crippen MR) is 64.9 cm³/mol. The molecule has 0 bridgehead atoms. The van der Waals surface area contributed by atoms with Gasteiger partial charge in [-0.1, -0.05) is 0 Å². The Labute approximate surface area is 96.5 Å². The molecule has 2 nitrogen and oxygen atoms in total. The summed E-state index contributed by atoms with van der Waals surface area (Å²) in [7, 11) is 0. The van der Waals surface area contributed by atoms with Gasteiger partial charge in [-0.2, -0.15) is 11.3 Å². The van der Waals surface area contributed by atoms with Gasteiger partial charge >= 0.3 is 5.97 Å². The summed E-state index contributed by atoms with van der Waals surface area (Å²) in [4.78, 5) is 11.8. The molecule has 15 heavy (non-hydrogen) atoms. The summed E-state index contributed by atoms with van der Waals surface area (Å²) < 4.78 is 6.49. The van der Waals surface area contributed by atoms with Crippen LogP contribution in [-0.4, -0.2) is 11.6 Å². The van der Waals surface area contributed by atoms with E-state index in [1.807, 2.05) is 36.9 Å². The second-order valence-corrected chi connectivity index (χ2v) is 5.96. The Morgan fingerprint density at radius 1 is 1.27 bits per heavy atom. The fourth-order valence-electron chi connectivity index (χ4n) is 1.25. The molecule has 2 heterocycles. The number of rotatable bonds is 1. The van der Waals surface area contributed by atoms with Crippen molar-refractivity contribution in [2.24, 2.45) is 0 Å². The number of hydrogen-bond acceptors (Lipinski definition) is 4. The summed E-state index contributed by atoms with van der Waals surface area (Å²) in [6, 6.07) is 0. The molecule has 0 aliphatic carbocycles. The van der Waals surface area contributed by atoms with Crippen LogP contribution in [0.5, 0.6) is 0 Å². The number of fused-ring (bicyclic) bond motifs is 1. The van der Waals surface area contributed by atoms with Crippen molar-refractivity contribution in [3.63, 3.8) is 0 Å². The molecular weight excluding hydrogens is 228 g/mol. The molecule has 2 aromatic rings. The minimum atomic E-state index is -0.429.